The molecule has 0 fully saturated rings. The molecular weight excluding hydrogens is 209 g/mol. The fourth-order valence-corrected chi connectivity index (χ4v) is 0.965. The minimum Gasteiger partial charge on any atom is -0.406 e. The molecule has 81 valence electrons. The molecule has 0 heterocycles. The van der Waals surface area contributed by atoms with Crippen LogP contribution >= 0.6 is 0 Å². The van der Waals surface area contributed by atoms with E-state index in [4.69, 9.17) is 0 Å². The van der Waals surface area contributed by atoms with E-state index in [1.165, 1.54) is 36.4 Å². The lowest BCUT2D eigenvalue weighted by Gasteiger charge is -2.08. The van der Waals surface area contributed by atoms with Crippen molar-refractivity contribution in [2.45, 2.75) is 6.36 Å². The second kappa shape index (κ2) is 4.84. The van der Waals surface area contributed by atoms with Crippen molar-refractivity contribution >= 4 is 6.08 Å². The van der Waals surface area contributed by atoms with Crippen molar-refractivity contribution in [1.82, 2.24) is 0 Å². The smallest absolute Gasteiger partial charge is 0.406 e. The Morgan fingerprint density at radius 1 is 1.20 bits per heavy atom. The predicted octanol–water partition coefficient (Wildman–Crippen LogP) is 3.03. The van der Waals surface area contributed by atoms with Gasteiger partial charge in [-0.25, -0.2) is 5.11 Å². The van der Waals surface area contributed by atoms with Crippen LogP contribution in [0.15, 0.2) is 30.3 Å². The zero-order valence-electron chi connectivity index (χ0n) is 7.62. The maximum Gasteiger partial charge on any atom is 0.573 e. The summed E-state index contributed by atoms with van der Waals surface area (Å²) in [6.45, 7) is -0.360. The van der Waals surface area contributed by atoms with Crippen LogP contribution in [-0.2, 0) is 5.11 Å². The van der Waals surface area contributed by atoms with Gasteiger partial charge in [-0.3, -0.25) is 0 Å². The first kappa shape index (κ1) is 11.6. The molecule has 0 saturated heterocycles. The van der Waals surface area contributed by atoms with Crippen molar-refractivity contribution in [1.29, 1.82) is 0 Å². The van der Waals surface area contributed by atoms with Crippen LogP contribution in [0.3, 0.4) is 0 Å². The summed E-state index contributed by atoms with van der Waals surface area (Å²) >= 11 is 0. The van der Waals surface area contributed by atoms with Crippen LogP contribution < -0.4 is 4.74 Å². The van der Waals surface area contributed by atoms with Gasteiger partial charge in [0.05, 0.1) is 0 Å². The molecule has 0 N–H and O–H groups in total. The third kappa shape index (κ3) is 4.51. The highest BCUT2D eigenvalue weighted by atomic mass is 19.4. The van der Waals surface area contributed by atoms with Gasteiger partial charge < -0.3 is 4.74 Å². The van der Waals surface area contributed by atoms with Gasteiger partial charge in [0.2, 0.25) is 0 Å². The van der Waals surface area contributed by atoms with Gasteiger partial charge in [-0.1, -0.05) is 24.3 Å². The molecule has 1 aromatic rings. The predicted molar refractivity (Wildman–Crippen MR) is 47.7 cm³/mol. The van der Waals surface area contributed by atoms with E-state index in [-0.39, 0.29) is 12.4 Å². The van der Waals surface area contributed by atoms with E-state index in [9.17, 15) is 18.3 Å². The maximum atomic E-state index is 11.8. The van der Waals surface area contributed by atoms with Crippen LogP contribution in [0.1, 0.15) is 5.56 Å². The zero-order valence-corrected chi connectivity index (χ0v) is 7.62. The van der Waals surface area contributed by atoms with Crippen LogP contribution in [0, 0.1) is 0 Å². The average Bonchev–Trinajstić information content (AvgIpc) is 2.14. The van der Waals surface area contributed by atoms with Crippen LogP contribution in [0.4, 0.5) is 13.2 Å². The van der Waals surface area contributed by atoms with Gasteiger partial charge in [-0.05, 0) is 17.7 Å². The number of rotatable bonds is 3. The first-order chi connectivity index (χ1) is 7.01. The molecule has 5 heteroatoms. The molecule has 1 aromatic carbocycles. The van der Waals surface area contributed by atoms with E-state index in [0.29, 0.717) is 5.56 Å². The third-order valence-electron chi connectivity index (χ3n) is 1.52. The second-order valence-electron chi connectivity index (χ2n) is 2.69. The summed E-state index contributed by atoms with van der Waals surface area (Å²) in [5.41, 5.74) is 0.653. The summed E-state index contributed by atoms with van der Waals surface area (Å²) in [5, 5.41) is 10.1. The van der Waals surface area contributed by atoms with Crippen LogP contribution in [-0.4, -0.2) is 13.0 Å². The lowest BCUT2D eigenvalue weighted by Crippen LogP contribution is -2.16. The third-order valence-corrected chi connectivity index (χ3v) is 1.52. The number of hydrogen-bond donors (Lipinski definition) is 0. The summed E-state index contributed by atoms with van der Waals surface area (Å²) in [5.74, 6) is -0.276. The Bertz CT molecular complexity index is 328. The van der Waals surface area contributed by atoms with Crippen molar-refractivity contribution in [3.8, 4) is 5.75 Å². The van der Waals surface area contributed by atoms with Gasteiger partial charge in [-0.15, -0.1) is 13.2 Å². The minimum absolute atomic E-state index is 0.276. The number of benzene rings is 1. The first-order valence-electron chi connectivity index (χ1n) is 4.12. The summed E-state index contributed by atoms with van der Waals surface area (Å²) < 4.78 is 39.0. The maximum absolute atomic E-state index is 11.8. The van der Waals surface area contributed by atoms with Gasteiger partial charge in [-0.2, -0.15) is 0 Å². The van der Waals surface area contributed by atoms with Gasteiger partial charge in [0.15, 0.2) is 0 Å². The van der Waals surface area contributed by atoms with E-state index < -0.39 is 6.36 Å². The van der Waals surface area contributed by atoms with Crippen molar-refractivity contribution < 1.29 is 23.0 Å². The number of hydrogen-bond acceptors (Lipinski definition) is 1. The summed E-state index contributed by atoms with van der Waals surface area (Å²) in [4.78, 5) is 0. The molecule has 0 saturated carbocycles. The second-order valence-corrected chi connectivity index (χ2v) is 2.69. The van der Waals surface area contributed by atoms with Crippen LogP contribution in [0.2, 0.25) is 0 Å². The van der Waals surface area contributed by atoms with Gasteiger partial charge in [0.25, 0.3) is 0 Å². The SMILES string of the molecule is [O]CC=Cc1ccc(OC(F)(F)F)cc1. The summed E-state index contributed by atoms with van der Waals surface area (Å²) in [6, 6.07) is 5.26. The molecule has 1 rings (SSSR count). The molecule has 0 unspecified atom stereocenters. The topological polar surface area (TPSA) is 29.1 Å². The molecule has 15 heavy (non-hydrogen) atoms. The van der Waals surface area contributed by atoms with Crippen molar-refractivity contribution in [2.24, 2.45) is 0 Å². The first-order valence-corrected chi connectivity index (χ1v) is 4.12. The molecule has 0 spiro atoms. The van der Waals surface area contributed by atoms with E-state index in [1.807, 2.05) is 0 Å². The van der Waals surface area contributed by atoms with E-state index in [2.05, 4.69) is 4.74 Å². The van der Waals surface area contributed by atoms with E-state index >= 15 is 0 Å². The van der Waals surface area contributed by atoms with Crippen molar-refractivity contribution in [3.05, 3.63) is 35.9 Å². The van der Waals surface area contributed by atoms with Crippen molar-refractivity contribution in [3.63, 3.8) is 0 Å². The molecule has 0 atom stereocenters. The Morgan fingerprint density at radius 3 is 2.27 bits per heavy atom. The number of alkyl halides is 3. The summed E-state index contributed by atoms with van der Waals surface area (Å²) in [7, 11) is 0. The standard InChI is InChI=1S/C10H8F3O2/c11-10(12,13)15-9-5-3-8(4-6-9)2-1-7-14/h1-6H,7H2. The summed E-state index contributed by atoms with van der Waals surface area (Å²) in [6.07, 6.45) is -1.77. The Hall–Kier alpha value is -1.49. The lowest BCUT2D eigenvalue weighted by molar-refractivity contribution is -0.274. The molecule has 2 nitrogen and oxygen atoms in total. The Balaban J connectivity index is 2.68. The van der Waals surface area contributed by atoms with Crippen LogP contribution in [0.5, 0.6) is 5.75 Å². The quantitative estimate of drug-likeness (QED) is 0.765. The minimum atomic E-state index is -4.67. The molecule has 0 aliphatic heterocycles. The molecule has 0 aliphatic carbocycles. The molecule has 0 aliphatic rings. The Morgan fingerprint density at radius 2 is 1.80 bits per heavy atom. The fourth-order valence-electron chi connectivity index (χ4n) is 0.965. The van der Waals surface area contributed by atoms with Crippen LogP contribution in [0.25, 0.3) is 6.08 Å². The molecule has 0 bridgehead atoms. The lowest BCUT2D eigenvalue weighted by atomic mass is 10.2. The molecule has 1 radical (unpaired) electrons. The highest BCUT2D eigenvalue weighted by Crippen LogP contribution is 2.22. The fraction of sp³-hybridized carbons (Fsp3) is 0.200. The Kier molecular flexibility index (Phi) is 3.74. The highest BCUT2D eigenvalue weighted by Gasteiger charge is 2.30. The molecule has 0 aromatic heterocycles. The van der Waals surface area contributed by atoms with Gasteiger partial charge in [0, 0.05) is 0 Å². The number of halogens is 3. The molecule has 0 amide bonds. The Labute approximate surface area is 84.6 Å². The van der Waals surface area contributed by atoms with Gasteiger partial charge in [0.1, 0.15) is 12.4 Å². The van der Waals surface area contributed by atoms with Gasteiger partial charge >= 0.3 is 6.36 Å². The number of ether oxygens (including phenoxy) is 1. The monoisotopic (exact) mass is 217 g/mol. The normalized spacial score (nSPS) is 12.0. The van der Waals surface area contributed by atoms with E-state index in [0.717, 1.165) is 0 Å². The largest absolute Gasteiger partial charge is 0.573 e. The van der Waals surface area contributed by atoms with Crippen molar-refractivity contribution in [2.75, 3.05) is 6.61 Å². The average molecular weight is 217 g/mol. The zero-order chi connectivity index (χ0) is 11.3. The molecular formula is C10H8F3O2. The highest BCUT2D eigenvalue weighted by molar-refractivity contribution is 5.50. The van der Waals surface area contributed by atoms with E-state index in [1.54, 1.807) is 0 Å².